The highest BCUT2D eigenvalue weighted by atomic mass is 16.2. The van der Waals surface area contributed by atoms with E-state index in [4.69, 9.17) is 0 Å². The van der Waals surface area contributed by atoms with Crippen molar-refractivity contribution in [1.29, 1.82) is 0 Å². The van der Waals surface area contributed by atoms with Crippen molar-refractivity contribution >= 4 is 11.8 Å². The van der Waals surface area contributed by atoms with Crippen LogP contribution in [0.1, 0.15) is 355 Å². The van der Waals surface area contributed by atoms with E-state index in [1.165, 1.54) is 289 Å². The summed E-state index contributed by atoms with van der Waals surface area (Å²) < 4.78 is 0. The topological polar surface area (TPSA) is 58.2 Å². The van der Waals surface area contributed by atoms with Gasteiger partial charge in [0.15, 0.2) is 0 Å². The van der Waals surface area contributed by atoms with E-state index in [-0.39, 0.29) is 11.8 Å². The molecule has 0 saturated carbocycles. The predicted octanol–water partition coefficient (Wildman–Crippen LogP) is 20.5. The highest BCUT2D eigenvalue weighted by Gasteiger charge is 2.13. The standard InChI is InChI=1S/C62H116N2O2/c1-4-7-10-13-16-19-22-25-28-31-34-37-40-43-46-49-52-58-55-59(61(65)63-53-50-47-44-41-38-35-32-29-26-23-20-17-14-11-8-5-2)57-60(56-58)62(66)64-54-51-48-45-42-39-36-33-30-27-24-21-18-15-12-9-6-3/h55-57H,4-54H2,1-3H3,(H,63,65)(H,64,66). The van der Waals surface area contributed by atoms with Gasteiger partial charge in [-0.2, -0.15) is 0 Å². The maximum absolute atomic E-state index is 13.4. The summed E-state index contributed by atoms with van der Waals surface area (Å²) in [6.07, 6.45) is 65.9. The number of aryl methyl sites for hydroxylation is 1. The summed E-state index contributed by atoms with van der Waals surface area (Å²) in [5, 5.41) is 6.40. The molecule has 0 aromatic heterocycles. The second-order valence-corrected chi connectivity index (χ2v) is 21.1. The number of hydrogen-bond donors (Lipinski definition) is 2. The molecule has 0 saturated heterocycles. The maximum Gasteiger partial charge on any atom is 0.251 e. The van der Waals surface area contributed by atoms with Crippen LogP contribution in [0.25, 0.3) is 0 Å². The Hall–Kier alpha value is -1.84. The molecular weight excluding hydrogens is 805 g/mol. The molecule has 0 bridgehead atoms. The number of amides is 2. The molecule has 66 heavy (non-hydrogen) atoms. The van der Waals surface area contributed by atoms with Gasteiger partial charge < -0.3 is 10.6 Å². The van der Waals surface area contributed by atoms with Crippen molar-refractivity contribution in [2.75, 3.05) is 13.1 Å². The molecule has 0 atom stereocenters. The van der Waals surface area contributed by atoms with Gasteiger partial charge in [-0.05, 0) is 49.4 Å². The number of unbranched alkanes of at least 4 members (excludes halogenated alkanes) is 45. The van der Waals surface area contributed by atoms with Gasteiger partial charge in [-0.3, -0.25) is 9.59 Å². The molecule has 0 aliphatic heterocycles. The zero-order valence-corrected chi connectivity index (χ0v) is 45.1. The Morgan fingerprint density at radius 3 is 0.697 bits per heavy atom. The Morgan fingerprint density at radius 2 is 0.470 bits per heavy atom. The van der Waals surface area contributed by atoms with Crippen molar-refractivity contribution in [1.82, 2.24) is 10.6 Å². The Bertz CT molecular complexity index is 1100. The average Bonchev–Trinajstić information content (AvgIpc) is 3.33. The fraction of sp³-hybridized carbons (Fsp3) is 0.871. The third-order valence-electron chi connectivity index (χ3n) is 14.5. The lowest BCUT2D eigenvalue weighted by Crippen LogP contribution is -2.27. The monoisotopic (exact) mass is 921 g/mol. The van der Waals surface area contributed by atoms with Crippen LogP contribution >= 0.6 is 0 Å². The lowest BCUT2D eigenvalue weighted by molar-refractivity contribution is 0.0952. The van der Waals surface area contributed by atoms with Gasteiger partial charge in [0.25, 0.3) is 11.8 Å². The van der Waals surface area contributed by atoms with Crippen LogP contribution in [0.4, 0.5) is 0 Å². The molecule has 0 fully saturated rings. The molecule has 4 heteroatoms. The average molecular weight is 922 g/mol. The molecule has 2 N–H and O–H groups in total. The fourth-order valence-corrected chi connectivity index (χ4v) is 9.93. The normalized spacial score (nSPS) is 11.4. The second kappa shape index (κ2) is 51.0. The highest BCUT2D eigenvalue weighted by Crippen LogP contribution is 2.19. The van der Waals surface area contributed by atoms with Crippen LogP contribution in [-0.2, 0) is 6.42 Å². The summed E-state index contributed by atoms with van der Waals surface area (Å²) in [6, 6.07) is 5.95. The van der Waals surface area contributed by atoms with E-state index in [1.54, 1.807) is 0 Å². The Kier molecular flexibility index (Phi) is 48.1. The molecule has 0 heterocycles. The highest BCUT2D eigenvalue weighted by molar-refractivity contribution is 6.00. The largest absolute Gasteiger partial charge is 0.352 e. The molecule has 0 aliphatic carbocycles. The summed E-state index contributed by atoms with van der Waals surface area (Å²) in [6.45, 7) is 8.30. The molecule has 0 unspecified atom stereocenters. The Balaban J connectivity index is 2.37. The van der Waals surface area contributed by atoms with Crippen molar-refractivity contribution in [2.45, 2.75) is 335 Å². The zero-order valence-electron chi connectivity index (χ0n) is 45.1. The summed E-state index contributed by atoms with van der Waals surface area (Å²) in [5.41, 5.74) is 2.42. The zero-order chi connectivity index (χ0) is 47.5. The van der Waals surface area contributed by atoms with Crippen molar-refractivity contribution < 1.29 is 9.59 Å². The first-order valence-electron chi connectivity index (χ1n) is 30.3. The van der Waals surface area contributed by atoms with Gasteiger partial charge in [0.1, 0.15) is 0 Å². The van der Waals surface area contributed by atoms with Crippen LogP contribution in [0.5, 0.6) is 0 Å². The number of nitrogens with one attached hydrogen (secondary N) is 2. The minimum atomic E-state index is -0.0309. The quantitative estimate of drug-likeness (QED) is 0.0640. The van der Waals surface area contributed by atoms with Gasteiger partial charge in [0.2, 0.25) is 0 Å². The van der Waals surface area contributed by atoms with Gasteiger partial charge in [-0.15, -0.1) is 0 Å². The van der Waals surface area contributed by atoms with Crippen LogP contribution in [0.3, 0.4) is 0 Å². The lowest BCUT2D eigenvalue weighted by Gasteiger charge is -2.12. The lowest BCUT2D eigenvalue weighted by atomic mass is 9.99. The molecule has 2 amide bonds. The predicted molar refractivity (Wildman–Crippen MR) is 293 cm³/mol. The molecule has 0 spiro atoms. The van der Waals surface area contributed by atoms with Crippen molar-refractivity contribution in [3.8, 4) is 0 Å². The van der Waals surface area contributed by atoms with Gasteiger partial charge in [0, 0.05) is 24.2 Å². The van der Waals surface area contributed by atoms with E-state index in [1.807, 2.05) is 6.07 Å². The van der Waals surface area contributed by atoms with E-state index < -0.39 is 0 Å². The molecule has 0 radical (unpaired) electrons. The summed E-state index contributed by atoms with van der Waals surface area (Å²) in [5.74, 6) is -0.0618. The van der Waals surface area contributed by atoms with Crippen molar-refractivity contribution in [3.05, 3.63) is 34.9 Å². The van der Waals surface area contributed by atoms with Gasteiger partial charge in [0.05, 0.1) is 0 Å². The SMILES string of the molecule is CCCCCCCCCCCCCCCCCCNC(=O)c1cc(CCCCCCCCCCCCCCCCCC)cc(C(=O)NCCCCCCCCCCCCCCCCCC)c1. The minimum Gasteiger partial charge on any atom is -0.352 e. The molecule has 386 valence electrons. The number of hydrogen-bond acceptors (Lipinski definition) is 2. The van der Waals surface area contributed by atoms with E-state index in [0.717, 1.165) is 31.2 Å². The maximum atomic E-state index is 13.4. The molecule has 0 aliphatic rings. The third-order valence-corrected chi connectivity index (χ3v) is 14.5. The van der Waals surface area contributed by atoms with Crippen LogP contribution < -0.4 is 10.6 Å². The first-order chi connectivity index (χ1) is 32.6. The number of carbonyl (C=O) groups excluding carboxylic acids is 2. The second-order valence-electron chi connectivity index (χ2n) is 21.1. The first kappa shape index (κ1) is 62.2. The van der Waals surface area contributed by atoms with Gasteiger partial charge >= 0.3 is 0 Å². The summed E-state index contributed by atoms with van der Waals surface area (Å²) >= 11 is 0. The minimum absolute atomic E-state index is 0.0309. The molecule has 1 aromatic rings. The fourth-order valence-electron chi connectivity index (χ4n) is 9.93. The van der Waals surface area contributed by atoms with Gasteiger partial charge in [-0.25, -0.2) is 0 Å². The van der Waals surface area contributed by atoms with Gasteiger partial charge in [-0.1, -0.05) is 310 Å². The van der Waals surface area contributed by atoms with E-state index in [2.05, 4.69) is 43.5 Å². The smallest absolute Gasteiger partial charge is 0.251 e. The van der Waals surface area contributed by atoms with Crippen LogP contribution in [0, 0.1) is 0 Å². The Morgan fingerprint density at radius 1 is 0.273 bits per heavy atom. The third kappa shape index (κ3) is 42.3. The molecule has 4 nitrogen and oxygen atoms in total. The van der Waals surface area contributed by atoms with Crippen LogP contribution in [-0.4, -0.2) is 24.9 Å². The number of benzene rings is 1. The first-order valence-corrected chi connectivity index (χ1v) is 30.3. The van der Waals surface area contributed by atoms with Crippen LogP contribution in [0.15, 0.2) is 18.2 Å². The summed E-state index contributed by atoms with van der Waals surface area (Å²) in [4.78, 5) is 26.9. The van der Waals surface area contributed by atoms with E-state index in [0.29, 0.717) is 24.2 Å². The number of rotatable bonds is 53. The van der Waals surface area contributed by atoms with E-state index in [9.17, 15) is 9.59 Å². The number of carbonyl (C=O) groups is 2. The van der Waals surface area contributed by atoms with Crippen molar-refractivity contribution in [2.24, 2.45) is 0 Å². The van der Waals surface area contributed by atoms with Crippen molar-refractivity contribution in [3.63, 3.8) is 0 Å². The van der Waals surface area contributed by atoms with Crippen LogP contribution in [0.2, 0.25) is 0 Å². The Labute approximate surface area is 413 Å². The molecule has 1 rings (SSSR count). The molecule has 1 aromatic carbocycles. The summed E-state index contributed by atoms with van der Waals surface area (Å²) in [7, 11) is 0. The molecular formula is C62H116N2O2. The van der Waals surface area contributed by atoms with E-state index >= 15 is 0 Å².